The number of aromatic hydroxyl groups is 1. The molecule has 38 heavy (non-hydrogen) atoms. The molecule has 7 nitrogen and oxygen atoms in total. The van der Waals surface area contributed by atoms with Crippen LogP contribution in [0.1, 0.15) is 46.4 Å². The van der Waals surface area contributed by atoms with Gasteiger partial charge in [-0.25, -0.2) is 0 Å². The molecule has 0 amide bonds. The number of nitrogens with zero attached hydrogens (tertiary/aromatic N) is 3. The number of ketones is 1. The van der Waals surface area contributed by atoms with Crippen molar-refractivity contribution < 1.29 is 14.6 Å². The number of likely N-dealkylation sites (tertiary alicyclic amines) is 1. The molecule has 3 aliphatic rings. The largest absolute Gasteiger partial charge is 0.507 e. The van der Waals surface area contributed by atoms with Crippen LogP contribution in [0.4, 0.5) is 0 Å². The number of carbonyl (C=O) groups is 1. The number of rotatable bonds is 4. The van der Waals surface area contributed by atoms with E-state index in [1.807, 2.05) is 35.0 Å². The topological polar surface area (TPSA) is 76.7 Å². The van der Waals surface area contributed by atoms with Crippen LogP contribution in [0.25, 0.3) is 17.0 Å². The number of allylic oxidation sites excluding steroid dienone is 1. The average Bonchev–Trinajstić information content (AvgIpc) is 3.44. The summed E-state index contributed by atoms with van der Waals surface area (Å²) in [5, 5.41) is 11.9. The van der Waals surface area contributed by atoms with E-state index in [-0.39, 0.29) is 28.8 Å². The second-order valence-electron chi connectivity index (χ2n) is 10.7. The maximum absolute atomic E-state index is 13.4. The Balaban J connectivity index is 1.20. The first kappa shape index (κ1) is 23.0. The number of aromatic nitrogens is 2. The number of phenols is 1. The van der Waals surface area contributed by atoms with Crippen LogP contribution >= 0.6 is 0 Å². The first-order valence-electron chi connectivity index (χ1n) is 13.3. The molecule has 192 valence electrons. The van der Waals surface area contributed by atoms with Crippen LogP contribution in [-0.4, -0.2) is 38.0 Å². The molecule has 1 saturated heterocycles. The smallest absolute Gasteiger partial charge is 0.250 e. The Morgan fingerprint density at radius 2 is 1.89 bits per heavy atom. The summed E-state index contributed by atoms with van der Waals surface area (Å²) < 4.78 is 10.3. The molecule has 0 spiro atoms. The highest BCUT2D eigenvalue weighted by Crippen LogP contribution is 2.42. The van der Waals surface area contributed by atoms with Crippen LogP contribution in [0.3, 0.4) is 0 Å². The van der Waals surface area contributed by atoms with Gasteiger partial charge in [0.1, 0.15) is 11.5 Å². The van der Waals surface area contributed by atoms with E-state index in [0.29, 0.717) is 35.9 Å². The summed E-state index contributed by atoms with van der Waals surface area (Å²) in [4.78, 5) is 28.1. The van der Waals surface area contributed by atoms with Gasteiger partial charge in [0.25, 0.3) is 5.56 Å². The van der Waals surface area contributed by atoms with Crippen molar-refractivity contribution in [2.75, 3.05) is 13.1 Å². The molecule has 0 radical (unpaired) electrons. The standard InChI is InChI=1S/C31H29N3O4/c1-2-33-17-20(22-6-3-4-7-26(22)33)13-28-30(37)23-10-11-27(35)24(31(23)38-28)18-32-14-19-12-21(16-32)25-8-5-9-29(36)34(25)15-19/h3-11,13,17,19,21,35H,2,12,14-16,18H2,1H3/b28-13+/t19-,21+/m0/s1. The molecule has 1 N–H and O–H groups in total. The van der Waals surface area contributed by atoms with Crippen LogP contribution in [0.15, 0.2) is 71.3 Å². The first-order valence-corrected chi connectivity index (χ1v) is 13.3. The summed E-state index contributed by atoms with van der Waals surface area (Å²) in [7, 11) is 0. The third kappa shape index (κ3) is 3.61. The number of pyridine rings is 1. The monoisotopic (exact) mass is 507 g/mol. The molecule has 0 saturated carbocycles. The first-order chi connectivity index (χ1) is 18.5. The second-order valence-corrected chi connectivity index (χ2v) is 10.7. The quantitative estimate of drug-likeness (QED) is 0.403. The number of carbonyl (C=O) groups excluding carboxylic acids is 1. The highest BCUT2D eigenvalue weighted by molar-refractivity contribution is 6.15. The van der Waals surface area contributed by atoms with Gasteiger partial charge >= 0.3 is 0 Å². The van der Waals surface area contributed by atoms with E-state index in [1.54, 1.807) is 18.2 Å². The Hall–Kier alpha value is -4.10. The van der Waals surface area contributed by atoms with Crippen molar-refractivity contribution in [3.8, 4) is 11.5 Å². The van der Waals surface area contributed by atoms with E-state index in [2.05, 4.69) is 34.6 Å². The number of phenolic OH excluding ortho intramolecular Hbond substituents is 1. The van der Waals surface area contributed by atoms with Gasteiger partial charge in [0.05, 0.1) is 11.1 Å². The van der Waals surface area contributed by atoms with Crippen molar-refractivity contribution in [2.45, 2.75) is 38.9 Å². The average molecular weight is 508 g/mol. The minimum atomic E-state index is -0.168. The van der Waals surface area contributed by atoms with Crippen LogP contribution in [0.5, 0.6) is 11.5 Å². The van der Waals surface area contributed by atoms with E-state index in [4.69, 9.17) is 4.74 Å². The molecule has 1 fully saturated rings. The van der Waals surface area contributed by atoms with E-state index < -0.39 is 0 Å². The molecule has 7 heteroatoms. The Labute approximate surface area is 220 Å². The fourth-order valence-corrected chi connectivity index (χ4v) is 6.59. The van der Waals surface area contributed by atoms with Crippen LogP contribution in [0, 0.1) is 5.92 Å². The predicted octanol–water partition coefficient (Wildman–Crippen LogP) is 4.76. The summed E-state index contributed by atoms with van der Waals surface area (Å²) in [5.74, 6) is 1.33. The molecule has 5 heterocycles. The molecule has 0 unspecified atom stereocenters. The number of benzene rings is 2. The fraction of sp³-hybridized carbons (Fsp3) is 0.290. The zero-order valence-corrected chi connectivity index (χ0v) is 21.3. The lowest BCUT2D eigenvalue weighted by Crippen LogP contribution is -2.46. The summed E-state index contributed by atoms with van der Waals surface area (Å²) in [6.07, 6.45) is 4.93. The SMILES string of the molecule is CCn1cc(/C=C2/Oc3c(ccc(O)c3CN3C[C@@H]4C[C@H](C3)c3cccc(=O)n3C4)C2=O)c2ccccc21. The molecule has 0 aliphatic carbocycles. The Morgan fingerprint density at radius 3 is 2.76 bits per heavy atom. The lowest BCUT2D eigenvalue weighted by atomic mass is 9.83. The number of ether oxygens (including phenoxy) is 1. The number of piperidine rings is 1. The number of para-hydroxylation sites is 1. The minimum absolute atomic E-state index is 0.0671. The van der Waals surface area contributed by atoms with E-state index in [0.717, 1.165) is 48.2 Å². The highest BCUT2D eigenvalue weighted by atomic mass is 16.5. The summed E-state index contributed by atoms with van der Waals surface area (Å²) in [6.45, 7) is 5.73. The van der Waals surface area contributed by atoms with Crippen LogP contribution in [0.2, 0.25) is 0 Å². The second kappa shape index (κ2) is 8.74. The predicted molar refractivity (Wildman–Crippen MR) is 145 cm³/mol. The van der Waals surface area contributed by atoms with Crippen molar-refractivity contribution in [1.29, 1.82) is 0 Å². The van der Waals surface area contributed by atoms with Crippen molar-refractivity contribution in [3.05, 3.63) is 99.3 Å². The van der Waals surface area contributed by atoms with Gasteiger partial charge in [0.2, 0.25) is 5.78 Å². The zero-order valence-electron chi connectivity index (χ0n) is 21.3. The molecule has 4 aromatic rings. The maximum Gasteiger partial charge on any atom is 0.250 e. The summed E-state index contributed by atoms with van der Waals surface area (Å²) in [5.41, 5.74) is 4.32. The minimum Gasteiger partial charge on any atom is -0.507 e. The van der Waals surface area contributed by atoms with Gasteiger partial charge in [-0.15, -0.1) is 0 Å². The molecule has 7 rings (SSSR count). The van der Waals surface area contributed by atoms with Gasteiger partial charge in [-0.3, -0.25) is 14.5 Å². The molecular weight excluding hydrogens is 478 g/mol. The van der Waals surface area contributed by atoms with Crippen molar-refractivity contribution in [1.82, 2.24) is 14.0 Å². The van der Waals surface area contributed by atoms with Gasteiger partial charge in [-0.05, 0) is 49.6 Å². The molecular formula is C31H29N3O4. The summed E-state index contributed by atoms with van der Waals surface area (Å²) in [6, 6.07) is 16.9. The third-order valence-electron chi connectivity index (χ3n) is 8.30. The van der Waals surface area contributed by atoms with Crippen molar-refractivity contribution in [3.63, 3.8) is 0 Å². The van der Waals surface area contributed by atoms with Gasteiger partial charge in [-0.2, -0.15) is 0 Å². The number of hydrogen-bond acceptors (Lipinski definition) is 5. The summed E-state index contributed by atoms with van der Waals surface area (Å²) >= 11 is 0. The van der Waals surface area contributed by atoms with Crippen LogP contribution < -0.4 is 10.3 Å². The van der Waals surface area contributed by atoms with E-state index in [9.17, 15) is 14.7 Å². The van der Waals surface area contributed by atoms with Gasteiger partial charge in [-0.1, -0.05) is 24.3 Å². The Bertz CT molecular complexity index is 1700. The molecule has 3 aliphatic heterocycles. The number of hydrogen-bond donors (Lipinski definition) is 1. The highest BCUT2D eigenvalue weighted by Gasteiger charge is 2.37. The number of aryl methyl sites for hydroxylation is 1. The van der Waals surface area contributed by atoms with Gasteiger partial charge < -0.3 is 19.0 Å². The maximum atomic E-state index is 13.4. The van der Waals surface area contributed by atoms with Gasteiger partial charge in [0.15, 0.2) is 5.76 Å². The Kier molecular flexibility index (Phi) is 5.30. The molecule has 2 aromatic heterocycles. The molecule has 2 bridgehead atoms. The van der Waals surface area contributed by atoms with Crippen LogP contribution in [-0.2, 0) is 19.6 Å². The fourth-order valence-electron chi connectivity index (χ4n) is 6.59. The third-order valence-corrected chi connectivity index (χ3v) is 8.30. The Morgan fingerprint density at radius 1 is 1.03 bits per heavy atom. The molecule has 2 atom stereocenters. The normalized spacial score (nSPS) is 21.5. The van der Waals surface area contributed by atoms with Crippen molar-refractivity contribution >= 4 is 22.8 Å². The van der Waals surface area contributed by atoms with Gasteiger partial charge in [0, 0.05) is 73.1 Å². The van der Waals surface area contributed by atoms with E-state index in [1.165, 1.54) is 0 Å². The lowest BCUT2D eigenvalue weighted by Gasteiger charge is -2.42. The lowest BCUT2D eigenvalue weighted by molar-refractivity contribution is 0.101. The van der Waals surface area contributed by atoms with Crippen molar-refractivity contribution in [2.24, 2.45) is 5.92 Å². The van der Waals surface area contributed by atoms with E-state index >= 15 is 0 Å². The zero-order chi connectivity index (χ0) is 26.0. The molecule has 2 aromatic carbocycles. The number of fused-ring (bicyclic) bond motifs is 6. The number of Topliss-reactive ketones (excluding diaryl/α,β-unsaturated/α-hetero) is 1.